The molecule has 3 aromatic carbocycles. The second kappa shape index (κ2) is 7.53. The minimum Gasteiger partial charge on any atom is -0.481 e. The topological polar surface area (TPSA) is 39.4 Å². The largest absolute Gasteiger partial charge is 0.481 e. The molecule has 4 heteroatoms. The van der Waals surface area contributed by atoms with E-state index < -0.39 is 0 Å². The molecule has 1 heterocycles. The monoisotopic (exact) mass is 390 g/mol. The molecule has 28 heavy (non-hydrogen) atoms. The van der Waals surface area contributed by atoms with Crippen molar-refractivity contribution in [1.82, 2.24) is 0 Å². The predicted octanol–water partition coefficient (Wildman–Crippen LogP) is 6.31. The summed E-state index contributed by atoms with van der Waals surface area (Å²) >= 11 is 6.06. The third kappa shape index (κ3) is 3.67. The van der Waals surface area contributed by atoms with Crippen LogP contribution >= 0.6 is 11.6 Å². The molecule has 0 atom stereocenters. The van der Waals surface area contributed by atoms with Crippen molar-refractivity contribution in [3.63, 3.8) is 0 Å². The van der Waals surface area contributed by atoms with E-state index >= 15 is 0 Å². The predicted molar refractivity (Wildman–Crippen MR) is 113 cm³/mol. The summed E-state index contributed by atoms with van der Waals surface area (Å²) in [6.45, 7) is 4.20. The van der Waals surface area contributed by atoms with Gasteiger partial charge in [0.05, 0.1) is 5.39 Å². The summed E-state index contributed by atoms with van der Waals surface area (Å²) in [5.41, 5.74) is 4.20. The van der Waals surface area contributed by atoms with Crippen LogP contribution in [0.25, 0.3) is 22.3 Å². The maximum absolute atomic E-state index is 13.2. The highest BCUT2D eigenvalue weighted by molar-refractivity contribution is 6.30. The number of hydrogen-bond acceptors (Lipinski definition) is 3. The van der Waals surface area contributed by atoms with Gasteiger partial charge in [0.15, 0.2) is 5.76 Å². The van der Waals surface area contributed by atoms with Gasteiger partial charge in [-0.05, 0) is 49.2 Å². The molecule has 0 amide bonds. The summed E-state index contributed by atoms with van der Waals surface area (Å²) < 4.78 is 12.1. The first-order valence-corrected chi connectivity index (χ1v) is 9.41. The number of rotatable bonds is 4. The Morgan fingerprint density at radius 1 is 0.929 bits per heavy atom. The molecule has 0 N–H and O–H groups in total. The third-order valence-electron chi connectivity index (χ3n) is 4.59. The van der Waals surface area contributed by atoms with Crippen LogP contribution < -0.4 is 10.2 Å². The van der Waals surface area contributed by atoms with Crippen LogP contribution in [0.2, 0.25) is 5.02 Å². The summed E-state index contributed by atoms with van der Waals surface area (Å²) in [6, 6.07) is 20.8. The lowest BCUT2D eigenvalue weighted by molar-refractivity contribution is 0.298. The quantitative estimate of drug-likeness (QED) is 0.410. The zero-order chi connectivity index (χ0) is 19.7. The summed E-state index contributed by atoms with van der Waals surface area (Å²) in [6.07, 6.45) is 0. The molecular formula is C24H19ClO3. The highest BCUT2D eigenvalue weighted by Gasteiger charge is 2.18. The molecule has 0 fully saturated rings. The number of aryl methyl sites for hydroxylation is 2. The van der Waals surface area contributed by atoms with E-state index in [1.807, 2.05) is 68.4 Å². The van der Waals surface area contributed by atoms with Crippen LogP contribution in [-0.2, 0) is 6.61 Å². The fourth-order valence-corrected chi connectivity index (χ4v) is 3.30. The van der Waals surface area contributed by atoms with E-state index in [0.717, 1.165) is 22.3 Å². The van der Waals surface area contributed by atoms with Crippen LogP contribution in [0, 0.1) is 13.8 Å². The summed E-state index contributed by atoms with van der Waals surface area (Å²) in [5, 5.41) is 1.13. The van der Waals surface area contributed by atoms with Crippen molar-refractivity contribution in [2.75, 3.05) is 0 Å². The Balaban J connectivity index is 1.85. The first kappa shape index (κ1) is 18.3. The van der Waals surface area contributed by atoms with Gasteiger partial charge in [-0.1, -0.05) is 59.6 Å². The molecule has 0 bridgehead atoms. The molecular weight excluding hydrogens is 372 g/mol. The molecule has 0 aliphatic carbocycles. The fraction of sp³-hybridized carbons (Fsp3) is 0.125. The van der Waals surface area contributed by atoms with Gasteiger partial charge < -0.3 is 9.15 Å². The van der Waals surface area contributed by atoms with Gasteiger partial charge in [0.25, 0.3) is 0 Å². The summed E-state index contributed by atoms with van der Waals surface area (Å²) in [4.78, 5) is 13.2. The van der Waals surface area contributed by atoms with Gasteiger partial charge in [-0.3, -0.25) is 4.79 Å². The van der Waals surface area contributed by atoms with E-state index in [1.54, 1.807) is 12.1 Å². The van der Waals surface area contributed by atoms with Gasteiger partial charge in [0.2, 0.25) is 11.2 Å². The van der Waals surface area contributed by atoms with Crippen molar-refractivity contribution in [3.8, 4) is 17.1 Å². The number of hydrogen-bond donors (Lipinski definition) is 0. The van der Waals surface area contributed by atoms with E-state index in [1.165, 1.54) is 0 Å². The zero-order valence-corrected chi connectivity index (χ0v) is 16.4. The number of ether oxygens (including phenoxy) is 1. The highest BCUT2D eigenvalue weighted by Crippen LogP contribution is 2.32. The second-order valence-electron chi connectivity index (χ2n) is 6.87. The molecule has 0 radical (unpaired) electrons. The number of halogens is 1. The third-order valence-corrected chi connectivity index (χ3v) is 4.83. The lowest BCUT2D eigenvalue weighted by Crippen LogP contribution is -2.10. The van der Waals surface area contributed by atoms with Gasteiger partial charge in [-0.25, -0.2) is 0 Å². The maximum Gasteiger partial charge on any atom is 0.235 e. The minimum atomic E-state index is -0.182. The van der Waals surface area contributed by atoms with Crippen LogP contribution in [-0.4, -0.2) is 0 Å². The first-order chi connectivity index (χ1) is 13.5. The number of fused-ring (bicyclic) bond motifs is 1. The normalized spacial score (nSPS) is 11.0. The average molecular weight is 391 g/mol. The second-order valence-corrected chi connectivity index (χ2v) is 7.31. The van der Waals surface area contributed by atoms with Gasteiger partial charge in [0, 0.05) is 10.6 Å². The van der Waals surface area contributed by atoms with Crippen LogP contribution in [0.1, 0.15) is 16.7 Å². The van der Waals surface area contributed by atoms with E-state index in [2.05, 4.69) is 0 Å². The Kier molecular flexibility index (Phi) is 4.93. The summed E-state index contributed by atoms with van der Waals surface area (Å²) in [5.74, 6) is 0.644. The molecule has 3 nitrogen and oxygen atoms in total. The van der Waals surface area contributed by atoms with Gasteiger partial charge in [-0.15, -0.1) is 0 Å². The smallest absolute Gasteiger partial charge is 0.235 e. The standard InChI is InChI=1S/C24H19ClO3/c1-15-6-9-18(10-7-15)23-24(27-14-17-4-3-5-19(25)13-17)22(26)20-11-8-16(2)12-21(20)28-23/h3-13H,14H2,1-2H3. The van der Waals surface area contributed by atoms with E-state index in [4.69, 9.17) is 20.8 Å². The van der Waals surface area contributed by atoms with Gasteiger partial charge in [0.1, 0.15) is 12.2 Å². The van der Waals surface area contributed by atoms with Crippen molar-refractivity contribution in [2.45, 2.75) is 20.5 Å². The Bertz CT molecular complexity index is 1210. The van der Waals surface area contributed by atoms with Crippen LogP contribution in [0.15, 0.2) is 75.9 Å². The average Bonchev–Trinajstić information content (AvgIpc) is 2.67. The van der Waals surface area contributed by atoms with Crippen molar-refractivity contribution in [3.05, 3.63) is 98.7 Å². The molecule has 0 unspecified atom stereocenters. The molecule has 1 aromatic heterocycles. The Hall–Kier alpha value is -3.04. The first-order valence-electron chi connectivity index (χ1n) is 9.03. The Morgan fingerprint density at radius 2 is 1.68 bits per heavy atom. The summed E-state index contributed by atoms with van der Waals surface area (Å²) in [7, 11) is 0. The fourth-order valence-electron chi connectivity index (χ4n) is 3.09. The SMILES string of the molecule is Cc1ccc(-c2oc3cc(C)ccc3c(=O)c2OCc2cccc(Cl)c2)cc1. The van der Waals surface area contributed by atoms with E-state index in [9.17, 15) is 4.79 Å². The van der Waals surface area contributed by atoms with Crippen molar-refractivity contribution in [2.24, 2.45) is 0 Å². The molecule has 0 aliphatic rings. The number of benzene rings is 3. The molecule has 4 aromatic rings. The van der Waals surface area contributed by atoms with Crippen LogP contribution in [0.4, 0.5) is 0 Å². The molecule has 0 aliphatic heterocycles. The zero-order valence-electron chi connectivity index (χ0n) is 15.7. The van der Waals surface area contributed by atoms with E-state index in [-0.39, 0.29) is 17.8 Å². The Labute approximate surface area is 168 Å². The van der Waals surface area contributed by atoms with E-state index in [0.29, 0.717) is 21.8 Å². The molecule has 4 rings (SSSR count). The van der Waals surface area contributed by atoms with Crippen molar-refractivity contribution < 1.29 is 9.15 Å². The van der Waals surface area contributed by atoms with Crippen molar-refractivity contribution in [1.29, 1.82) is 0 Å². The van der Waals surface area contributed by atoms with Gasteiger partial charge in [-0.2, -0.15) is 0 Å². The molecule has 140 valence electrons. The Morgan fingerprint density at radius 3 is 2.43 bits per heavy atom. The highest BCUT2D eigenvalue weighted by atomic mass is 35.5. The lowest BCUT2D eigenvalue weighted by atomic mass is 10.1. The minimum absolute atomic E-state index is 0.182. The lowest BCUT2D eigenvalue weighted by Gasteiger charge is -2.12. The molecule has 0 spiro atoms. The maximum atomic E-state index is 13.2. The van der Waals surface area contributed by atoms with Crippen molar-refractivity contribution >= 4 is 22.6 Å². The molecule has 0 saturated heterocycles. The van der Waals surface area contributed by atoms with Crippen LogP contribution in [0.3, 0.4) is 0 Å². The van der Waals surface area contributed by atoms with Crippen LogP contribution in [0.5, 0.6) is 5.75 Å². The van der Waals surface area contributed by atoms with Gasteiger partial charge >= 0.3 is 0 Å². The molecule has 0 saturated carbocycles.